The molecule has 0 unspecified atom stereocenters. The van der Waals surface area contributed by atoms with Crippen LogP contribution in [0.25, 0.3) is 23.0 Å². The van der Waals surface area contributed by atoms with Crippen LogP contribution in [0.2, 0.25) is 5.02 Å². The van der Waals surface area contributed by atoms with Crippen molar-refractivity contribution in [3.8, 4) is 16.9 Å². The van der Waals surface area contributed by atoms with Gasteiger partial charge in [0, 0.05) is 34.1 Å². The number of carbonyl (C=O) groups is 3. The lowest BCUT2D eigenvalue weighted by Gasteiger charge is -2.17. The number of tetrazole rings is 1. The predicted molar refractivity (Wildman–Crippen MR) is 148 cm³/mol. The van der Waals surface area contributed by atoms with Crippen LogP contribution in [0.3, 0.4) is 0 Å². The fraction of sp³-hybridized carbons (Fsp3) is 0.192. The smallest absolute Gasteiger partial charge is 0.411 e. The Balaban J connectivity index is 1.38. The fourth-order valence-corrected chi connectivity index (χ4v) is 4.35. The number of aromatic amines is 1. The van der Waals surface area contributed by atoms with Crippen LogP contribution in [-0.4, -0.2) is 62.0 Å². The van der Waals surface area contributed by atoms with Crippen molar-refractivity contribution in [1.82, 2.24) is 35.5 Å². The van der Waals surface area contributed by atoms with Crippen LogP contribution < -0.4 is 16.0 Å². The van der Waals surface area contributed by atoms with Gasteiger partial charge in [-0.05, 0) is 65.7 Å². The number of imidazole rings is 1. The average molecular weight is 578 g/mol. The van der Waals surface area contributed by atoms with Gasteiger partial charge >= 0.3 is 12.2 Å². The number of benzene rings is 2. The molecule has 5 rings (SSSR count). The fourth-order valence-electron chi connectivity index (χ4n) is 4.17. The van der Waals surface area contributed by atoms with Crippen molar-refractivity contribution in [1.29, 1.82) is 0 Å². The Morgan fingerprint density at radius 3 is 2.93 bits per heavy atom. The van der Waals surface area contributed by atoms with Gasteiger partial charge in [0.15, 0.2) is 0 Å². The van der Waals surface area contributed by atoms with E-state index >= 15 is 0 Å². The van der Waals surface area contributed by atoms with Crippen LogP contribution in [-0.2, 0) is 14.3 Å². The normalized spacial score (nSPS) is 15.1. The first kappa shape index (κ1) is 27.3. The van der Waals surface area contributed by atoms with E-state index in [4.69, 9.17) is 16.3 Å². The van der Waals surface area contributed by atoms with E-state index in [2.05, 4.69) is 46.2 Å². The van der Waals surface area contributed by atoms with Crippen LogP contribution in [0, 0.1) is 0 Å². The number of methoxy groups -OCH3 is 1. The topological polar surface area (TPSA) is 178 Å². The molecule has 1 aliphatic rings. The van der Waals surface area contributed by atoms with E-state index in [1.54, 1.807) is 48.7 Å². The Morgan fingerprint density at radius 2 is 2.12 bits per heavy atom. The molecule has 14 nitrogen and oxygen atoms in total. The van der Waals surface area contributed by atoms with Crippen LogP contribution in [0.1, 0.15) is 30.3 Å². The van der Waals surface area contributed by atoms with Crippen LogP contribution in [0.5, 0.6) is 0 Å². The van der Waals surface area contributed by atoms with Gasteiger partial charge in [0.2, 0.25) is 5.91 Å². The maximum Gasteiger partial charge on any atom is 0.411 e. The number of hydrogen-bond acceptors (Lipinski definition) is 9. The number of amides is 3. The molecule has 4 N–H and O–H groups in total. The van der Waals surface area contributed by atoms with Gasteiger partial charge in [0.1, 0.15) is 12.2 Å². The summed E-state index contributed by atoms with van der Waals surface area (Å²) in [6.45, 7) is 0.106. The predicted octanol–water partition coefficient (Wildman–Crippen LogP) is 4.10. The summed E-state index contributed by atoms with van der Waals surface area (Å²) in [6, 6.07) is 9.54. The van der Waals surface area contributed by atoms with Gasteiger partial charge in [-0.15, -0.1) is 5.10 Å². The molecule has 0 radical (unpaired) electrons. The number of cyclic esters (lactones) is 1. The van der Waals surface area contributed by atoms with Crippen molar-refractivity contribution in [3.63, 3.8) is 0 Å². The van der Waals surface area contributed by atoms with E-state index in [9.17, 15) is 14.4 Å². The van der Waals surface area contributed by atoms with E-state index in [1.165, 1.54) is 24.2 Å². The number of nitrogens with zero attached hydrogens (tertiary/aromatic N) is 5. The van der Waals surface area contributed by atoms with Gasteiger partial charge < -0.3 is 19.8 Å². The van der Waals surface area contributed by atoms with E-state index in [0.29, 0.717) is 57.6 Å². The third kappa shape index (κ3) is 6.67. The molecular weight excluding hydrogens is 554 g/mol. The number of rotatable bonds is 5. The van der Waals surface area contributed by atoms with Crippen LogP contribution in [0.4, 0.5) is 21.0 Å². The summed E-state index contributed by atoms with van der Waals surface area (Å²) in [6.07, 6.45) is 5.69. The molecule has 2 aromatic carbocycles. The molecule has 0 aliphatic carbocycles. The third-order valence-electron chi connectivity index (χ3n) is 6.08. The average Bonchev–Trinajstić information content (AvgIpc) is 3.66. The maximum atomic E-state index is 13.0. The van der Waals surface area contributed by atoms with Crippen LogP contribution >= 0.6 is 11.6 Å². The summed E-state index contributed by atoms with van der Waals surface area (Å²) in [5.74, 6) is 0.147. The Morgan fingerprint density at radius 1 is 1.24 bits per heavy atom. The standard InChI is InChI=1S/C26H24ClN9O5/c1-40-25(38)30-17-6-7-18-20(12-17)33-26(39)41-10-2-3-19(24-28-13-21(18)32-24)31-23(37)9-4-15-11-16(27)5-8-22(15)36-14-29-34-35-36/h4-9,11-14,19H,2-3,10H2,1H3,(H,28,32)(H,30,38)(H,31,37)(H,33,39)/b9-4+/t19-/m0/s1. The summed E-state index contributed by atoms with van der Waals surface area (Å²) in [5, 5.41) is 19.9. The van der Waals surface area contributed by atoms with Gasteiger partial charge in [-0.1, -0.05) is 11.6 Å². The summed E-state index contributed by atoms with van der Waals surface area (Å²) in [4.78, 5) is 44.9. The number of anilines is 2. The molecule has 0 saturated carbocycles. The maximum absolute atomic E-state index is 13.0. The zero-order chi connectivity index (χ0) is 28.8. The molecule has 0 spiro atoms. The molecule has 3 heterocycles. The lowest BCUT2D eigenvalue weighted by molar-refractivity contribution is -0.117. The second-order valence-electron chi connectivity index (χ2n) is 8.80. The number of carbonyl (C=O) groups excluding carboxylic acids is 3. The summed E-state index contributed by atoms with van der Waals surface area (Å²) in [7, 11) is 1.25. The second kappa shape index (κ2) is 12.3. The number of H-pyrrole nitrogens is 1. The number of fused-ring (bicyclic) bond motifs is 4. The van der Waals surface area contributed by atoms with Gasteiger partial charge in [0.25, 0.3) is 0 Å². The highest BCUT2D eigenvalue weighted by Gasteiger charge is 2.21. The Labute approximate surface area is 238 Å². The minimum atomic E-state index is -0.666. The van der Waals surface area contributed by atoms with E-state index < -0.39 is 18.2 Å². The van der Waals surface area contributed by atoms with Crippen LogP contribution in [0.15, 0.2) is 55.0 Å². The molecule has 4 aromatic rings. The van der Waals surface area contributed by atoms with Crippen molar-refractivity contribution in [2.75, 3.05) is 24.4 Å². The molecule has 0 saturated heterocycles. The third-order valence-corrected chi connectivity index (χ3v) is 6.31. The second-order valence-corrected chi connectivity index (χ2v) is 9.24. The first-order valence-electron chi connectivity index (χ1n) is 12.4. The highest BCUT2D eigenvalue weighted by atomic mass is 35.5. The molecule has 41 heavy (non-hydrogen) atoms. The monoisotopic (exact) mass is 577 g/mol. The highest BCUT2D eigenvalue weighted by Crippen LogP contribution is 2.32. The van der Waals surface area contributed by atoms with Crippen molar-refractivity contribution in [3.05, 3.63) is 71.4 Å². The minimum absolute atomic E-state index is 0.106. The lowest BCUT2D eigenvalue weighted by Crippen LogP contribution is -2.28. The molecule has 2 aromatic heterocycles. The molecule has 15 heteroatoms. The summed E-state index contributed by atoms with van der Waals surface area (Å²) >= 11 is 6.17. The molecule has 210 valence electrons. The molecule has 0 fully saturated rings. The number of ether oxygens (including phenoxy) is 2. The van der Waals surface area contributed by atoms with Crippen molar-refractivity contribution < 1.29 is 23.9 Å². The zero-order valence-electron chi connectivity index (χ0n) is 21.6. The van der Waals surface area contributed by atoms with Crippen molar-refractivity contribution in [2.24, 2.45) is 0 Å². The van der Waals surface area contributed by atoms with Gasteiger partial charge in [-0.2, -0.15) is 4.68 Å². The lowest BCUT2D eigenvalue weighted by atomic mass is 10.1. The van der Waals surface area contributed by atoms with Crippen molar-refractivity contribution >= 4 is 47.1 Å². The van der Waals surface area contributed by atoms with Crippen molar-refractivity contribution in [2.45, 2.75) is 18.9 Å². The number of halogens is 1. The number of nitrogens with one attached hydrogen (secondary N) is 4. The largest absolute Gasteiger partial charge is 0.453 e. The quantitative estimate of drug-likeness (QED) is 0.254. The summed E-state index contributed by atoms with van der Waals surface area (Å²) < 4.78 is 11.4. The summed E-state index contributed by atoms with van der Waals surface area (Å²) in [5.41, 5.74) is 3.13. The van der Waals surface area contributed by atoms with E-state index in [-0.39, 0.29) is 12.5 Å². The minimum Gasteiger partial charge on any atom is -0.453 e. The first-order chi connectivity index (χ1) is 19.9. The first-order valence-corrected chi connectivity index (χ1v) is 12.8. The molecule has 3 amide bonds. The number of aromatic nitrogens is 6. The molecule has 1 atom stereocenters. The van der Waals surface area contributed by atoms with Gasteiger partial charge in [-0.3, -0.25) is 15.4 Å². The Kier molecular flexibility index (Phi) is 8.20. The molecule has 1 aliphatic heterocycles. The molecular formula is C26H24ClN9O5. The van der Waals surface area contributed by atoms with E-state index in [1.807, 2.05) is 0 Å². The zero-order valence-corrected chi connectivity index (χ0v) is 22.4. The number of hydrogen-bond donors (Lipinski definition) is 4. The Hall–Kier alpha value is -5.24. The Bertz CT molecular complexity index is 1600. The van der Waals surface area contributed by atoms with Gasteiger partial charge in [0.05, 0.1) is 36.8 Å². The molecule has 2 bridgehead atoms. The van der Waals surface area contributed by atoms with E-state index in [0.717, 1.165) is 0 Å². The SMILES string of the molecule is COC(=O)Nc1ccc2c(c1)NC(=O)OCCC[C@H](NC(=O)/C=C/c1cc(Cl)ccc1-n1cnnn1)c1nc-2c[nH]1. The van der Waals surface area contributed by atoms with Gasteiger partial charge in [-0.25, -0.2) is 14.6 Å². The highest BCUT2D eigenvalue weighted by molar-refractivity contribution is 6.30.